The molecule has 1 spiro atoms. The number of hydrogen-bond acceptors (Lipinski definition) is 3. The number of nitrogens with zero attached hydrogens (tertiary/aromatic N) is 3. The minimum atomic E-state index is -0.368. The van der Waals surface area contributed by atoms with Crippen molar-refractivity contribution in [2.45, 2.75) is 5.41 Å². The molecule has 0 bridgehead atoms. The van der Waals surface area contributed by atoms with Crippen LogP contribution >= 0.6 is 0 Å². The minimum Gasteiger partial charge on any atom is -0.264 e. The van der Waals surface area contributed by atoms with Crippen molar-refractivity contribution in [2.24, 2.45) is 0 Å². The summed E-state index contributed by atoms with van der Waals surface area (Å²) in [5.41, 5.74) is 19.6. The first-order chi connectivity index (χ1) is 27.3. The van der Waals surface area contributed by atoms with Gasteiger partial charge in [-0.2, -0.15) is 0 Å². The summed E-state index contributed by atoms with van der Waals surface area (Å²) in [6.07, 6.45) is 3.65. The van der Waals surface area contributed by atoms with E-state index in [1.165, 1.54) is 50.1 Å². The maximum atomic E-state index is 5.17. The number of aromatic nitrogens is 3. The fraction of sp³-hybridized carbons (Fsp3) is 0.0192. The van der Waals surface area contributed by atoms with Crippen molar-refractivity contribution in [2.75, 3.05) is 0 Å². The van der Waals surface area contributed by atoms with E-state index in [9.17, 15) is 0 Å². The molecule has 0 atom stereocenters. The van der Waals surface area contributed by atoms with E-state index in [2.05, 4.69) is 175 Å². The van der Waals surface area contributed by atoms with Gasteiger partial charge in [0, 0.05) is 29.1 Å². The molecule has 0 aliphatic heterocycles. The predicted molar refractivity (Wildman–Crippen MR) is 223 cm³/mol. The first-order valence-electron chi connectivity index (χ1n) is 18.8. The number of rotatable bonds is 5. The topological polar surface area (TPSA) is 38.7 Å². The molecule has 0 saturated carbocycles. The number of fused-ring (bicyclic) bond motifs is 10. The molecule has 7 aromatic carbocycles. The molecule has 11 rings (SSSR count). The smallest absolute Gasteiger partial charge is 0.160 e. The lowest BCUT2D eigenvalue weighted by Crippen LogP contribution is -2.25. The molecular weight excluding hydrogens is 667 g/mol. The Morgan fingerprint density at radius 2 is 0.800 bits per heavy atom. The van der Waals surface area contributed by atoms with Crippen LogP contribution in [-0.2, 0) is 5.41 Å². The van der Waals surface area contributed by atoms with E-state index >= 15 is 0 Å². The lowest BCUT2D eigenvalue weighted by molar-refractivity contribution is 0.794. The zero-order valence-electron chi connectivity index (χ0n) is 29.9. The fourth-order valence-corrected chi connectivity index (χ4v) is 8.96. The Kier molecular flexibility index (Phi) is 7.08. The monoisotopic (exact) mass is 699 g/mol. The third-order valence-electron chi connectivity index (χ3n) is 11.4. The molecule has 9 aromatic rings. The van der Waals surface area contributed by atoms with Crippen LogP contribution in [0.3, 0.4) is 0 Å². The first kappa shape index (κ1) is 31.3. The second kappa shape index (κ2) is 12.4. The van der Waals surface area contributed by atoms with Crippen LogP contribution in [-0.4, -0.2) is 15.0 Å². The van der Waals surface area contributed by atoms with Gasteiger partial charge < -0.3 is 0 Å². The van der Waals surface area contributed by atoms with Gasteiger partial charge in [-0.25, -0.2) is 9.97 Å². The molecule has 0 saturated heterocycles. The molecule has 2 aliphatic carbocycles. The van der Waals surface area contributed by atoms with E-state index in [-0.39, 0.29) is 5.41 Å². The Hall–Kier alpha value is -7.23. The molecule has 256 valence electrons. The molecule has 3 heteroatoms. The van der Waals surface area contributed by atoms with Gasteiger partial charge in [0.25, 0.3) is 0 Å². The second-order valence-corrected chi connectivity index (χ2v) is 14.4. The highest BCUT2D eigenvalue weighted by Crippen LogP contribution is 2.63. The van der Waals surface area contributed by atoms with Gasteiger partial charge in [-0.3, -0.25) is 4.98 Å². The third kappa shape index (κ3) is 4.87. The lowest BCUT2D eigenvalue weighted by Gasteiger charge is -2.30. The summed E-state index contributed by atoms with van der Waals surface area (Å²) < 4.78 is 0. The van der Waals surface area contributed by atoms with Crippen molar-refractivity contribution in [3.63, 3.8) is 0 Å². The van der Waals surface area contributed by atoms with Crippen molar-refractivity contribution < 1.29 is 0 Å². The van der Waals surface area contributed by atoms with Crippen LogP contribution in [0.4, 0.5) is 0 Å². The zero-order valence-corrected chi connectivity index (χ0v) is 29.9. The van der Waals surface area contributed by atoms with Gasteiger partial charge in [0.15, 0.2) is 5.82 Å². The highest BCUT2D eigenvalue weighted by atomic mass is 14.9. The molecule has 0 N–H and O–H groups in total. The molecule has 2 aliphatic rings. The summed E-state index contributed by atoms with van der Waals surface area (Å²) in [6.45, 7) is 0. The van der Waals surface area contributed by atoms with Crippen LogP contribution in [0.5, 0.6) is 0 Å². The zero-order chi connectivity index (χ0) is 36.3. The summed E-state index contributed by atoms with van der Waals surface area (Å²) >= 11 is 0. The SMILES string of the molecule is c1ccc(-c2cccc(-c3nc(-c4ccc(-c5ccc6c(c5)C5(c7ccccc7-c7ccccc75)c5ccccc5-6)cc4)cc(-c4cccnc4)n3)c2)cc1. The average Bonchev–Trinajstić information content (AvgIpc) is 3.74. The number of benzene rings is 7. The Labute approximate surface area is 320 Å². The van der Waals surface area contributed by atoms with Crippen molar-refractivity contribution in [3.05, 3.63) is 223 Å². The van der Waals surface area contributed by atoms with Crippen LogP contribution in [0.15, 0.2) is 200 Å². The molecule has 2 aromatic heterocycles. The summed E-state index contributed by atoms with van der Waals surface area (Å²) in [5.74, 6) is 0.679. The molecule has 55 heavy (non-hydrogen) atoms. The first-order valence-corrected chi connectivity index (χ1v) is 18.8. The largest absolute Gasteiger partial charge is 0.264 e. The Morgan fingerprint density at radius 3 is 1.45 bits per heavy atom. The molecule has 2 heterocycles. The second-order valence-electron chi connectivity index (χ2n) is 14.4. The summed E-state index contributed by atoms with van der Waals surface area (Å²) in [5, 5.41) is 0. The van der Waals surface area contributed by atoms with Crippen molar-refractivity contribution >= 4 is 0 Å². The predicted octanol–water partition coefficient (Wildman–Crippen LogP) is 12.6. The molecule has 3 nitrogen and oxygen atoms in total. The molecule has 0 fully saturated rings. The van der Waals surface area contributed by atoms with Crippen LogP contribution in [0, 0.1) is 0 Å². The lowest BCUT2D eigenvalue weighted by atomic mass is 9.70. The molecule has 0 radical (unpaired) electrons. The van der Waals surface area contributed by atoms with E-state index in [4.69, 9.17) is 9.97 Å². The van der Waals surface area contributed by atoms with Crippen LogP contribution in [0.25, 0.3) is 78.4 Å². The van der Waals surface area contributed by atoms with Crippen molar-refractivity contribution in [1.82, 2.24) is 15.0 Å². The summed E-state index contributed by atoms with van der Waals surface area (Å²) in [7, 11) is 0. The van der Waals surface area contributed by atoms with Gasteiger partial charge in [-0.05, 0) is 97.1 Å². The van der Waals surface area contributed by atoms with Gasteiger partial charge in [-0.1, -0.05) is 158 Å². The maximum Gasteiger partial charge on any atom is 0.160 e. The highest BCUT2D eigenvalue weighted by molar-refractivity contribution is 5.96. The van der Waals surface area contributed by atoms with E-state index in [0.717, 1.165) is 44.8 Å². The third-order valence-corrected chi connectivity index (χ3v) is 11.4. The van der Waals surface area contributed by atoms with Crippen molar-refractivity contribution in [1.29, 1.82) is 0 Å². The molecule has 0 amide bonds. The normalized spacial score (nSPS) is 12.9. The number of pyridine rings is 1. The Balaban J connectivity index is 1.02. The van der Waals surface area contributed by atoms with Crippen LogP contribution in [0.2, 0.25) is 0 Å². The summed E-state index contributed by atoms with van der Waals surface area (Å²) in [6, 6.07) is 67.7. The van der Waals surface area contributed by atoms with E-state index in [1.807, 2.05) is 24.4 Å². The number of hydrogen-bond donors (Lipinski definition) is 0. The van der Waals surface area contributed by atoms with E-state index in [0.29, 0.717) is 5.82 Å². The average molecular weight is 700 g/mol. The Morgan fingerprint density at radius 1 is 0.309 bits per heavy atom. The minimum absolute atomic E-state index is 0.368. The van der Waals surface area contributed by atoms with Crippen LogP contribution < -0.4 is 0 Å². The van der Waals surface area contributed by atoms with Gasteiger partial charge in [0.1, 0.15) is 0 Å². The molecular formula is C52H33N3. The van der Waals surface area contributed by atoms with Gasteiger partial charge in [0.05, 0.1) is 16.8 Å². The van der Waals surface area contributed by atoms with Crippen LogP contribution in [0.1, 0.15) is 22.3 Å². The van der Waals surface area contributed by atoms with Gasteiger partial charge in [-0.15, -0.1) is 0 Å². The maximum absolute atomic E-state index is 5.17. The Bertz CT molecular complexity index is 2850. The van der Waals surface area contributed by atoms with Gasteiger partial charge in [0.2, 0.25) is 0 Å². The standard InChI is InChI=1S/C52H33N3/c1-2-12-34(13-3-1)37-14-10-15-39(30-37)51-54-49(32-50(55-51)40-16-11-29-53-33-40)36-25-23-35(24-26-36)38-27-28-44-43-19-6-9-22-47(43)52(48(44)31-38)45-20-7-4-17-41(45)42-18-5-8-21-46(42)52/h1-33H. The van der Waals surface area contributed by atoms with Crippen molar-refractivity contribution in [3.8, 4) is 78.4 Å². The van der Waals surface area contributed by atoms with E-state index in [1.54, 1.807) is 6.20 Å². The fourth-order valence-electron chi connectivity index (χ4n) is 8.96. The summed E-state index contributed by atoms with van der Waals surface area (Å²) in [4.78, 5) is 14.6. The van der Waals surface area contributed by atoms with Gasteiger partial charge >= 0.3 is 0 Å². The highest BCUT2D eigenvalue weighted by Gasteiger charge is 2.51. The van der Waals surface area contributed by atoms with E-state index < -0.39 is 0 Å². The molecule has 0 unspecified atom stereocenters. The quantitative estimate of drug-likeness (QED) is 0.179.